The standard InChI is InChI=1S/C70H54N2O2/c1-42-15-7-23-52(39-42)71(62-29-13-25-54(68(62)73)50-21-11-22-51(41-50)64-44(3)17-9-18-45(64)4)60-37-33-48-32-36-58-61(38-34-49-31-35-57(60)66(48)67(49)58)72(53-24-8-16-43(2)40-53)63-30-14-27-56-55-26-12-28-59(69(55)74-70(56)63)65-46(5)19-10-20-47(65)6/h7-41,73H,1-6H3. The van der Waals surface area contributed by atoms with Gasteiger partial charge in [-0.25, -0.2) is 0 Å². The van der Waals surface area contributed by atoms with E-state index in [1.165, 1.54) is 49.7 Å². The topological polar surface area (TPSA) is 39.9 Å². The number of rotatable bonds is 9. The molecular weight excluding hydrogens is 901 g/mol. The third-order valence-electron chi connectivity index (χ3n) is 15.3. The van der Waals surface area contributed by atoms with Gasteiger partial charge in [-0.15, -0.1) is 0 Å². The van der Waals surface area contributed by atoms with Crippen molar-refractivity contribution in [2.45, 2.75) is 41.5 Å². The molecule has 0 aliphatic rings. The van der Waals surface area contributed by atoms with Crippen LogP contribution in [0.25, 0.3) is 87.6 Å². The molecule has 4 heteroatoms. The number of phenolic OH excluding ortho intramolecular Hbond substituents is 1. The van der Waals surface area contributed by atoms with Gasteiger partial charge in [0.2, 0.25) is 0 Å². The first-order chi connectivity index (χ1) is 36.1. The van der Waals surface area contributed by atoms with Gasteiger partial charge in [0.15, 0.2) is 5.58 Å². The lowest BCUT2D eigenvalue weighted by Crippen LogP contribution is -2.12. The molecule has 1 N–H and O–H groups in total. The Morgan fingerprint density at radius 1 is 0.338 bits per heavy atom. The van der Waals surface area contributed by atoms with E-state index in [2.05, 4.69) is 252 Å². The first-order valence-corrected chi connectivity index (χ1v) is 25.6. The zero-order valence-electron chi connectivity index (χ0n) is 42.5. The van der Waals surface area contributed by atoms with Crippen LogP contribution in [-0.4, -0.2) is 5.11 Å². The van der Waals surface area contributed by atoms with Crippen molar-refractivity contribution < 1.29 is 9.52 Å². The Kier molecular flexibility index (Phi) is 10.6. The van der Waals surface area contributed by atoms with Gasteiger partial charge in [-0.3, -0.25) is 0 Å². The highest BCUT2D eigenvalue weighted by Crippen LogP contribution is 2.52. The molecule has 13 aromatic rings. The third-order valence-corrected chi connectivity index (χ3v) is 15.3. The number of fused-ring (bicyclic) bond motifs is 3. The monoisotopic (exact) mass is 954 g/mol. The van der Waals surface area contributed by atoms with Crippen LogP contribution in [0.4, 0.5) is 34.1 Å². The number of hydrogen-bond acceptors (Lipinski definition) is 4. The average Bonchev–Trinajstić information content (AvgIpc) is 3.80. The van der Waals surface area contributed by atoms with E-state index in [9.17, 15) is 5.11 Å². The maximum Gasteiger partial charge on any atom is 0.159 e. The van der Waals surface area contributed by atoms with E-state index in [-0.39, 0.29) is 5.75 Å². The fourth-order valence-corrected chi connectivity index (χ4v) is 12.0. The number of para-hydroxylation sites is 3. The first kappa shape index (κ1) is 44.8. The molecule has 1 aromatic heterocycles. The summed E-state index contributed by atoms with van der Waals surface area (Å²) in [6.07, 6.45) is 0. The van der Waals surface area contributed by atoms with Crippen LogP contribution in [0.1, 0.15) is 33.4 Å². The van der Waals surface area contributed by atoms with Gasteiger partial charge in [-0.1, -0.05) is 158 Å². The Labute approximate surface area is 432 Å². The SMILES string of the molecule is Cc1cccc(N(c2cccc(-c3cccc(-c4c(C)cccc4C)c3)c2O)c2ccc3ccc4c(N(c5cccc(C)c5)c5cccc6c5oc5c(-c7c(C)cccc7C)cccc56)ccc5ccc2c3c54)c1. The highest BCUT2D eigenvalue weighted by Gasteiger charge is 2.26. The maximum atomic E-state index is 12.7. The van der Waals surface area contributed by atoms with Crippen LogP contribution in [0.2, 0.25) is 0 Å². The van der Waals surface area contributed by atoms with Crippen molar-refractivity contribution in [3.05, 3.63) is 246 Å². The quantitative estimate of drug-likeness (QED) is 0.146. The summed E-state index contributed by atoms with van der Waals surface area (Å²) in [5.74, 6) is 0.218. The summed E-state index contributed by atoms with van der Waals surface area (Å²) in [7, 11) is 0. The maximum absolute atomic E-state index is 12.7. The molecule has 0 unspecified atom stereocenters. The zero-order chi connectivity index (χ0) is 50.4. The van der Waals surface area contributed by atoms with Gasteiger partial charge in [-0.2, -0.15) is 0 Å². The molecule has 0 radical (unpaired) electrons. The molecule has 0 amide bonds. The smallest absolute Gasteiger partial charge is 0.159 e. The Hall–Kier alpha value is -9.12. The summed E-state index contributed by atoms with van der Waals surface area (Å²) in [5.41, 5.74) is 21.0. The van der Waals surface area contributed by atoms with Crippen LogP contribution in [0.5, 0.6) is 5.75 Å². The predicted molar refractivity (Wildman–Crippen MR) is 313 cm³/mol. The molecule has 1 heterocycles. The summed E-state index contributed by atoms with van der Waals surface area (Å²) < 4.78 is 7.21. The van der Waals surface area contributed by atoms with E-state index >= 15 is 0 Å². The first-order valence-electron chi connectivity index (χ1n) is 25.6. The van der Waals surface area contributed by atoms with Crippen molar-refractivity contribution in [3.8, 4) is 39.1 Å². The van der Waals surface area contributed by atoms with Crippen molar-refractivity contribution >= 4 is 88.4 Å². The molecular formula is C70H54N2O2. The Bertz CT molecular complexity index is 4330. The summed E-state index contributed by atoms with van der Waals surface area (Å²) in [6, 6.07) is 76.1. The van der Waals surface area contributed by atoms with E-state index < -0.39 is 0 Å². The van der Waals surface area contributed by atoms with Crippen LogP contribution >= 0.6 is 0 Å². The molecule has 0 saturated carbocycles. The molecule has 0 fully saturated rings. The lowest BCUT2D eigenvalue weighted by atomic mass is 9.91. The van der Waals surface area contributed by atoms with E-state index in [4.69, 9.17) is 4.42 Å². The molecule has 4 nitrogen and oxygen atoms in total. The number of aryl methyl sites for hydroxylation is 6. The van der Waals surface area contributed by atoms with Crippen molar-refractivity contribution in [2.75, 3.05) is 9.80 Å². The molecule has 0 spiro atoms. The van der Waals surface area contributed by atoms with Crippen molar-refractivity contribution in [3.63, 3.8) is 0 Å². The summed E-state index contributed by atoms with van der Waals surface area (Å²) in [5, 5.41) is 21.7. The highest BCUT2D eigenvalue weighted by atomic mass is 16.3. The second-order valence-corrected chi connectivity index (χ2v) is 20.2. The van der Waals surface area contributed by atoms with Crippen molar-refractivity contribution in [2.24, 2.45) is 0 Å². The molecule has 0 aliphatic heterocycles. The second kappa shape index (κ2) is 17.6. The Morgan fingerprint density at radius 3 is 1.41 bits per heavy atom. The molecule has 0 saturated heterocycles. The number of furan rings is 1. The predicted octanol–water partition coefficient (Wildman–Crippen LogP) is 20.0. The van der Waals surface area contributed by atoms with Crippen molar-refractivity contribution in [1.29, 1.82) is 0 Å². The normalized spacial score (nSPS) is 11.7. The molecule has 74 heavy (non-hydrogen) atoms. The summed E-state index contributed by atoms with van der Waals surface area (Å²) in [4.78, 5) is 4.63. The van der Waals surface area contributed by atoms with E-state index in [0.29, 0.717) is 5.69 Å². The molecule has 0 aliphatic carbocycles. The molecule has 356 valence electrons. The van der Waals surface area contributed by atoms with Crippen LogP contribution in [-0.2, 0) is 0 Å². The van der Waals surface area contributed by atoms with Gasteiger partial charge >= 0.3 is 0 Å². The van der Waals surface area contributed by atoms with E-state index in [1.807, 2.05) is 12.1 Å². The number of benzene rings is 12. The van der Waals surface area contributed by atoms with Gasteiger partial charge in [0.1, 0.15) is 11.3 Å². The molecule has 12 aromatic carbocycles. The number of nitrogens with zero attached hydrogens (tertiary/aromatic N) is 2. The lowest BCUT2D eigenvalue weighted by molar-refractivity contribution is 0.478. The second-order valence-electron chi connectivity index (χ2n) is 20.2. The molecule has 0 bridgehead atoms. The minimum atomic E-state index is 0.218. The van der Waals surface area contributed by atoms with Crippen LogP contribution < -0.4 is 9.80 Å². The van der Waals surface area contributed by atoms with E-state index in [1.54, 1.807) is 0 Å². The van der Waals surface area contributed by atoms with Gasteiger partial charge < -0.3 is 19.3 Å². The van der Waals surface area contributed by atoms with Crippen molar-refractivity contribution in [1.82, 2.24) is 0 Å². The van der Waals surface area contributed by atoms with Crippen LogP contribution in [0.15, 0.2) is 217 Å². The van der Waals surface area contributed by atoms with Crippen LogP contribution in [0.3, 0.4) is 0 Å². The highest BCUT2D eigenvalue weighted by molar-refractivity contribution is 6.28. The number of hydrogen-bond donors (Lipinski definition) is 1. The lowest BCUT2D eigenvalue weighted by Gasteiger charge is -2.30. The average molecular weight is 955 g/mol. The number of phenols is 1. The van der Waals surface area contributed by atoms with Gasteiger partial charge in [0.25, 0.3) is 0 Å². The Morgan fingerprint density at radius 2 is 0.797 bits per heavy atom. The van der Waals surface area contributed by atoms with Gasteiger partial charge in [0, 0.05) is 44.0 Å². The third kappa shape index (κ3) is 7.20. The Balaban J connectivity index is 1.02. The zero-order valence-corrected chi connectivity index (χ0v) is 42.5. The molecule has 0 atom stereocenters. The fraction of sp³-hybridized carbons (Fsp3) is 0.0857. The minimum absolute atomic E-state index is 0.218. The summed E-state index contributed by atoms with van der Waals surface area (Å²) in [6.45, 7) is 13.0. The largest absolute Gasteiger partial charge is 0.505 e. The van der Waals surface area contributed by atoms with Gasteiger partial charge in [-0.05, 0) is 173 Å². The number of aromatic hydroxyl groups is 1. The van der Waals surface area contributed by atoms with E-state index in [0.717, 1.165) is 99.7 Å². The molecule has 13 rings (SSSR count). The van der Waals surface area contributed by atoms with Crippen LogP contribution in [0, 0.1) is 41.5 Å². The van der Waals surface area contributed by atoms with Gasteiger partial charge in [0.05, 0.1) is 22.7 Å². The minimum Gasteiger partial charge on any atom is -0.505 e. The fourth-order valence-electron chi connectivity index (χ4n) is 12.0. The summed E-state index contributed by atoms with van der Waals surface area (Å²) >= 11 is 0. The number of anilines is 6.